The third kappa shape index (κ3) is 3.68. The molecule has 2 aromatic rings. The molecule has 0 fully saturated rings. The molecule has 1 aromatic carbocycles. The van der Waals surface area contributed by atoms with Crippen molar-refractivity contribution >= 4 is 23.5 Å². The minimum absolute atomic E-state index is 0.269. The van der Waals surface area contributed by atoms with Gasteiger partial charge >= 0.3 is 0 Å². The fourth-order valence-electron chi connectivity index (χ4n) is 4.41. The molecule has 164 valence electrons. The largest absolute Gasteiger partial charge is 0.487 e. The molecule has 1 aromatic heterocycles. The highest BCUT2D eigenvalue weighted by atomic mass is 16.5. The Morgan fingerprint density at radius 3 is 2.97 bits per heavy atom. The minimum Gasteiger partial charge on any atom is -0.487 e. The number of rotatable bonds is 4. The van der Waals surface area contributed by atoms with Crippen molar-refractivity contribution in [3.63, 3.8) is 0 Å². The zero-order valence-electron chi connectivity index (χ0n) is 18.2. The summed E-state index contributed by atoms with van der Waals surface area (Å²) >= 11 is 0. The van der Waals surface area contributed by atoms with Gasteiger partial charge in [0.1, 0.15) is 11.4 Å². The number of imidazole rings is 1. The molecule has 0 saturated heterocycles. The Bertz CT molecular complexity index is 1190. The number of hydrogen-bond donors (Lipinski definition) is 3. The molecule has 8 heteroatoms. The van der Waals surface area contributed by atoms with Gasteiger partial charge in [-0.15, -0.1) is 0 Å². The van der Waals surface area contributed by atoms with Gasteiger partial charge in [0, 0.05) is 49.8 Å². The predicted octanol–water partition coefficient (Wildman–Crippen LogP) is 3.13. The molecule has 0 unspecified atom stereocenters. The molecule has 4 heterocycles. The normalized spacial score (nSPS) is 19.5. The van der Waals surface area contributed by atoms with Crippen molar-refractivity contribution in [3.8, 4) is 5.75 Å². The molecule has 5 rings (SSSR count). The Kier molecular flexibility index (Phi) is 4.84. The molecule has 0 saturated carbocycles. The number of carbonyl (C=O) groups is 1. The van der Waals surface area contributed by atoms with E-state index in [1.54, 1.807) is 12.3 Å². The Balaban J connectivity index is 1.51. The van der Waals surface area contributed by atoms with Crippen LogP contribution in [0.15, 0.2) is 60.4 Å². The topological polar surface area (TPSA) is 95.3 Å². The lowest BCUT2D eigenvalue weighted by Crippen LogP contribution is -2.34. The summed E-state index contributed by atoms with van der Waals surface area (Å²) in [4.78, 5) is 19.7. The molecule has 3 N–H and O–H groups in total. The van der Waals surface area contributed by atoms with E-state index in [0.717, 1.165) is 54.1 Å². The van der Waals surface area contributed by atoms with E-state index in [9.17, 15) is 4.79 Å². The summed E-state index contributed by atoms with van der Waals surface area (Å²) in [7, 11) is 0. The fourth-order valence-corrected chi connectivity index (χ4v) is 4.41. The van der Waals surface area contributed by atoms with Gasteiger partial charge in [0.05, 0.1) is 41.2 Å². The zero-order valence-corrected chi connectivity index (χ0v) is 18.2. The van der Waals surface area contributed by atoms with Crippen LogP contribution < -0.4 is 20.3 Å². The third-order valence-electron chi connectivity index (χ3n) is 5.92. The number of benzene rings is 1. The molecule has 3 aliphatic rings. The maximum Gasteiger partial charge on any atom is 0.259 e. The smallest absolute Gasteiger partial charge is 0.259 e. The van der Waals surface area contributed by atoms with E-state index in [1.165, 1.54) is 0 Å². The molecule has 32 heavy (non-hydrogen) atoms. The SMILES string of the molecule is CC1(C)Cc2cc(NC(=O)/C(C=N)=C3\C=CC=CN3)c(N3CCn4cncc4C3)cc2O1. The van der Waals surface area contributed by atoms with Crippen LogP contribution in [0.5, 0.6) is 5.75 Å². The lowest BCUT2D eigenvalue weighted by molar-refractivity contribution is -0.112. The number of fused-ring (bicyclic) bond motifs is 2. The first-order valence-corrected chi connectivity index (χ1v) is 10.7. The van der Waals surface area contributed by atoms with Gasteiger partial charge in [-0.05, 0) is 32.1 Å². The lowest BCUT2D eigenvalue weighted by Gasteiger charge is -2.32. The van der Waals surface area contributed by atoms with E-state index in [0.29, 0.717) is 12.2 Å². The van der Waals surface area contributed by atoms with Gasteiger partial charge in [-0.3, -0.25) is 4.79 Å². The van der Waals surface area contributed by atoms with E-state index in [1.807, 2.05) is 36.8 Å². The van der Waals surface area contributed by atoms with Crippen LogP contribution in [0, 0.1) is 5.41 Å². The van der Waals surface area contributed by atoms with Crippen molar-refractivity contribution in [2.75, 3.05) is 16.8 Å². The summed E-state index contributed by atoms with van der Waals surface area (Å²) in [5.74, 6) is 0.526. The number of nitrogens with one attached hydrogen (secondary N) is 3. The van der Waals surface area contributed by atoms with Crippen molar-refractivity contribution in [2.24, 2.45) is 0 Å². The van der Waals surface area contributed by atoms with Crippen LogP contribution in [0.4, 0.5) is 11.4 Å². The van der Waals surface area contributed by atoms with Crippen LogP contribution in [0.2, 0.25) is 0 Å². The van der Waals surface area contributed by atoms with E-state index in [4.69, 9.17) is 10.1 Å². The molecule has 1 amide bonds. The molecule has 0 spiro atoms. The van der Waals surface area contributed by atoms with Crippen LogP contribution in [-0.2, 0) is 24.3 Å². The molecule has 0 atom stereocenters. The summed E-state index contributed by atoms with van der Waals surface area (Å²) in [6.45, 7) is 6.44. The first-order valence-electron chi connectivity index (χ1n) is 10.7. The molecule has 3 aliphatic heterocycles. The van der Waals surface area contributed by atoms with Crippen molar-refractivity contribution in [2.45, 2.75) is 39.0 Å². The maximum absolute atomic E-state index is 13.2. The molecule has 0 bridgehead atoms. The van der Waals surface area contributed by atoms with Gasteiger partial charge in [-0.2, -0.15) is 0 Å². The molecule has 0 aliphatic carbocycles. The fraction of sp³-hybridized carbons (Fsp3) is 0.292. The van der Waals surface area contributed by atoms with E-state index in [-0.39, 0.29) is 17.1 Å². The zero-order chi connectivity index (χ0) is 22.3. The number of allylic oxidation sites excluding steroid dienone is 3. The lowest BCUT2D eigenvalue weighted by atomic mass is 10.0. The standard InChI is InChI=1S/C24H26N6O2/c1-24(2)11-16-9-20(28-23(31)18(12-25)19-5-3-4-6-27-19)21(10-22(16)32-24)29-7-8-30-15-26-13-17(30)14-29/h3-6,9-10,12-13,15,25,27H,7-8,11,14H2,1-2H3,(H,28,31)/b19-18+,25-12?. The van der Waals surface area contributed by atoms with Gasteiger partial charge in [-0.25, -0.2) is 4.98 Å². The van der Waals surface area contributed by atoms with Gasteiger partial charge in [-0.1, -0.05) is 6.08 Å². The second-order valence-corrected chi connectivity index (χ2v) is 8.80. The summed E-state index contributed by atoms with van der Waals surface area (Å²) in [6, 6.07) is 4.05. The number of aromatic nitrogens is 2. The van der Waals surface area contributed by atoms with Crippen LogP contribution >= 0.6 is 0 Å². The molecule has 0 radical (unpaired) electrons. The van der Waals surface area contributed by atoms with Crippen molar-refractivity contribution in [1.82, 2.24) is 14.9 Å². The Hall–Kier alpha value is -3.81. The number of dihydropyridines is 1. The van der Waals surface area contributed by atoms with Crippen LogP contribution in [0.25, 0.3) is 0 Å². The number of anilines is 2. The minimum atomic E-state index is -0.330. The Morgan fingerprint density at radius 1 is 1.31 bits per heavy atom. The summed E-state index contributed by atoms with van der Waals surface area (Å²) in [5.41, 5.74) is 4.40. The summed E-state index contributed by atoms with van der Waals surface area (Å²) in [6.07, 6.45) is 12.8. The maximum atomic E-state index is 13.2. The highest BCUT2D eigenvalue weighted by Crippen LogP contribution is 2.42. The second-order valence-electron chi connectivity index (χ2n) is 8.80. The molecule has 8 nitrogen and oxygen atoms in total. The van der Waals surface area contributed by atoms with Gasteiger partial charge in [0.2, 0.25) is 0 Å². The summed E-state index contributed by atoms with van der Waals surface area (Å²) in [5, 5.41) is 13.9. The number of carbonyl (C=O) groups excluding carboxylic acids is 1. The van der Waals surface area contributed by atoms with Crippen LogP contribution in [0.3, 0.4) is 0 Å². The second kappa shape index (κ2) is 7.71. The highest BCUT2D eigenvalue weighted by Gasteiger charge is 2.32. The number of nitrogens with zero attached hydrogens (tertiary/aromatic N) is 3. The van der Waals surface area contributed by atoms with E-state index >= 15 is 0 Å². The average Bonchev–Trinajstić information content (AvgIpc) is 3.36. The van der Waals surface area contributed by atoms with Crippen LogP contribution in [-0.4, -0.2) is 33.8 Å². The number of ether oxygens (including phenoxy) is 1. The monoisotopic (exact) mass is 430 g/mol. The van der Waals surface area contributed by atoms with E-state index < -0.39 is 0 Å². The first-order chi connectivity index (χ1) is 15.4. The highest BCUT2D eigenvalue weighted by molar-refractivity contribution is 6.18. The van der Waals surface area contributed by atoms with E-state index in [2.05, 4.69) is 38.9 Å². The van der Waals surface area contributed by atoms with Gasteiger partial charge < -0.3 is 30.2 Å². The molecular weight excluding hydrogens is 404 g/mol. The number of hydrogen-bond acceptors (Lipinski definition) is 6. The Labute approximate surface area is 186 Å². The third-order valence-corrected chi connectivity index (χ3v) is 5.92. The quantitative estimate of drug-likeness (QED) is 0.512. The van der Waals surface area contributed by atoms with Crippen molar-refractivity contribution < 1.29 is 9.53 Å². The van der Waals surface area contributed by atoms with Gasteiger partial charge in [0.15, 0.2) is 0 Å². The van der Waals surface area contributed by atoms with Crippen molar-refractivity contribution in [3.05, 3.63) is 71.6 Å². The van der Waals surface area contributed by atoms with Gasteiger partial charge in [0.25, 0.3) is 5.91 Å². The first kappa shape index (κ1) is 20.1. The molecular formula is C24H26N6O2. The van der Waals surface area contributed by atoms with Crippen molar-refractivity contribution in [1.29, 1.82) is 5.41 Å². The average molecular weight is 431 g/mol. The predicted molar refractivity (Wildman–Crippen MR) is 124 cm³/mol. The number of amides is 1. The van der Waals surface area contributed by atoms with Crippen LogP contribution in [0.1, 0.15) is 25.1 Å². The Morgan fingerprint density at radius 2 is 2.19 bits per heavy atom. The summed E-state index contributed by atoms with van der Waals surface area (Å²) < 4.78 is 8.32.